The molecule has 1 heterocycles. The van der Waals surface area contributed by atoms with E-state index in [0.717, 1.165) is 6.07 Å². The molecule has 0 fully saturated rings. The predicted octanol–water partition coefficient (Wildman–Crippen LogP) is 1.17. The highest BCUT2D eigenvalue weighted by atomic mass is 19.3. The average molecular weight is 213 g/mol. The largest absolute Gasteiger partial charge is 0.476 e. The van der Waals surface area contributed by atoms with Crippen molar-refractivity contribution in [2.24, 2.45) is 0 Å². The molecule has 0 spiro atoms. The summed E-state index contributed by atoms with van der Waals surface area (Å²) in [6.45, 7) is 0. The number of nitrogen functional groups attached to an aromatic ring is 1. The molecule has 0 aliphatic heterocycles. The fourth-order valence-corrected chi connectivity index (χ4v) is 0.966. The van der Waals surface area contributed by atoms with Gasteiger partial charge in [-0.05, 0) is 6.07 Å². The number of carbonyl (C=O) groups is 1. The standard InChI is InChI=1S/C8H5F2N3O2/c9-6(10)4-1-3(2-11)5(8(14)15)13-7(4)12/h1,6H,(H2,12,13)(H,14,15). The number of alkyl halides is 2. The summed E-state index contributed by atoms with van der Waals surface area (Å²) in [6.07, 6.45) is -2.90. The number of pyridine rings is 1. The second-order valence-electron chi connectivity index (χ2n) is 2.58. The first-order valence-electron chi connectivity index (χ1n) is 3.69. The molecule has 15 heavy (non-hydrogen) atoms. The fourth-order valence-electron chi connectivity index (χ4n) is 0.966. The minimum atomic E-state index is -2.90. The van der Waals surface area contributed by atoms with Crippen molar-refractivity contribution in [3.05, 3.63) is 22.9 Å². The minimum absolute atomic E-state index is 0.438. The molecule has 0 bridgehead atoms. The highest BCUT2D eigenvalue weighted by Gasteiger charge is 2.19. The summed E-state index contributed by atoms with van der Waals surface area (Å²) in [6, 6.07) is 2.20. The molecule has 7 heteroatoms. The number of halogens is 2. The van der Waals surface area contributed by atoms with E-state index in [4.69, 9.17) is 16.1 Å². The molecule has 0 saturated heterocycles. The highest BCUT2D eigenvalue weighted by Crippen LogP contribution is 2.25. The Hall–Kier alpha value is -2.23. The molecule has 0 atom stereocenters. The second-order valence-corrected chi connectivity index (χ2v) is 2.58. The zero-order chi connectivity index (χ0) is 11.6. The van der Waals surface area contributed by atoms with Gasteiger partial charge in [0.1, 0.15) is 11.9 Å². The van der Waals surface area contributed by atoms with Gasteiger partial charge in [0.05, 0.1) is 11.1 Å². The molecule has 1 rings (SSSR count). The molecule has 0 aromatic carbocycles. The van der Waals surface area contributed by atoms with E-state index in [1.54, 1.807) is 0 Å². The molecule has 78 valence electrons. The molecule has 5 nitrogen and oxygen atoms in total. The molecule has 3 N–H and O–H groups in total. The number of hydrogen-bond acceptors (Lipinski definition) is 4. The lowest BCUT2D eigenvalue weighted by Gasteiger charge is -2.05. The van der Waals surface area contributed by atoms with Crippen LogP contribution >= 0.6 is 0 Å². The Morgan fingerprint density at radius 1 is 1.67 bits per heavy atom. The molecule has 0 amide bonds. The van der Waals surface area contributed by atoms with Crippen molar-refractivity contribution in [3.63, 3.8) is 0 Å². The van der Waals surface area contributed by atoms with E-state index in [1.165, 1.54) is 6.07 Å². The van der Waals surface area contributed by atoms with E-state index in [1.807, 2.05) is 0 Å². The Kier molecular flexibility index (Phi) is 2.80. The number of carboxylic acids is 1. The maximum atomic E-state index is 12.3. The monoisotopic (exact) mass is 213 g/mol. The van der Waals surface area contributed by atoms with Crippen LogP contribution in [0.2, 0.25) is 0 Å². The van der Waals surface area contributed by atoms with Crippen LogP contribution in [0.5, 0.6) is 0 Å². The highest BCUT2D eigenvalue weighted by molar-refractivity contribution is 5.89. The zero-order valence-electron chi connectivity index (χ0n) is 7.24. The van der Waals surface area contributed by atoms with Crippen molar-refractivity contribution >= 4 is 11.8 Å². The van der Waals surface area contributed by atoms with Gasteiger partial charge in [0.15, 0.2) is 5.69 Å². The molecule has 0 aliphatic carbocycles. The van der Waals surface area contributed by atoms with Gasteiger partial charge in [-0.2, -0.15) is 5.26 Å². The first-order chi connectivity index (χ1) is 6.97. The van der Waals surface area contributed by atoms with Crippen LogP contribution in [-0.2, 0) is 0 Å². The van der Waals surface area contributed by atoms with E-state index >= 15 is 0 Å². The molecule has 1 aromatic heterocycles. The van der Waals surface area contributed by atoms with Crippen LogP contribution in [-0.4, -0.2) is 16.1 Å². The van der Waals surface area contributed by atoms with Crippen LogP contribution in [0.25, 0.3) is 0 Å². The maximum absolute atomic E-state index is 12.3. The number of rotatable bonds is 2. The van der Waals surface area contributed by atoms with E-state index in [0.29, 0.717) is 0 Å². The molecule has 0 radical (unpaired) electrons. The molecular formula is C8H5F2N3O2. The Morgan fingerprint density at radius 2 is 2.27 bits per heavy atom. The Balaban J connectivity index is 3.44. The van der Waals surface area contributed by atoms with E-state index in [2.05, 4.69) is 4.98 Å². The quantitative estimate of drug-likeness (QED) is 0.767. The van der Waals surface area contributed by atoms with E-state index < -0.39 is 35.0 Å². The van der Waals surface area contributed by atoms with Crippen LogP contribution in [0.3, 0.4) is 0 Å². The van der Waals surface area contributed by atoms with Crippen molar-refractivity contribution in [2.75, 3.05) is 5.73 Å². The second kappa shape index (κ2) is 3.88. The van der Waals surface area contributed by atoms with Crippen molar-refractivity contribution in [1.82, 2.24) is 4.98 Å². The molecule has 0 aliphatic rings. The molecule has 0 saturated carbocycles. The number of aromatic nitrogens is 1. The lowest BCUT2D eigenvalue weighted by Crippen LogP contribution is -2.09. The van der Waals surface area contributed by atoms with Gasteiger partial charge < -0.3 is 10.8 Å². The van der Waals surface area contributed by atoms with Gasteiger partial charge >= 0.3 is 5.97 Å². The third-order valence-corrected chi connectivity index (χ3v) is 1.64. The van der Waals surface area contributed by atoms with Crippen molar-refractivity contribution in [1.29, 1.82) is 5.26 Å². The first kappa shape index (κ1) is 10.8. The lowest BCUT2D eigenvalue weighted by molar-refractivity contribution is 0.0689. The summed E-state index contributed by atoms with van der Waals surface area (Å²) >= 11 is 0. The third-order valence-electron chi connectivity index (χ3n) is 1.64. The Morgan fingerprint density at radius 3 is 2.67 bits per heavy atom. The Bertz CT molecular complexity index is 454. The van der Waals surface area contributed by atoms with Gasteiger partial charge in [0, 0.05) is 0 Å². The first-order valence-corrected chi connectivity index (χ1v) is 3.69. The van der Waals surface area contributed by atoms with Crippen molar-refractivity contribution in [3.8, 4) is 6.07 Å². The number of nitriles is 1. The fraction of sp³-hybridized carbons (Fsp3) is 0.125. The summed E-state index contributed by atoms with van der Waals surface area (Å²) in [5, 5.41) is 17.1. The van der Waals surface area contributed by atoms with Gasteiger partial charge in [-0.1, -0.05) is 0 Å². The van der Waals surface area contributed by atoms with Gasteiger partial charge in [-0.3, -0.25) is 0 Å². The van der Waals surface area contributed by atoms with Crippen LogP contribution in [0, 0.1) is 11.3 Å². The summed E-state index contributed by atoms with van der Waals surface area (Å²) in [5.74, 6) is -2.07. The molecular weight excluding hydrogens is 208 g/mol. The van der Waals surface area contributed by atoms with Gasteiger partial charge in [0.25, 0.3) is 6.43 Å². The summed E-state index contributed by atoms with van der Waals surface area (Å²) < 4.78 is 24.6. The van der Waals surface area contributed by atoms with Crippen LogP contribution in [0.1, 0.15) is 28.0 Å². The third kappa shape index (κ3) is 1.99. The predicted molar refractivity (Wildman–Crippen MR) is 45.3 cm³/mol. The van der Waals surface area contributed by atoms with Crippen LogP contribution in [0.15, 0.2) is 6.07 Å². The lowest BCUT2D eigenvalue weighted by atomic mass is 10.1. The summed E-state index contributed by atoms with van der Waals surface area (Å²) in [5.41, 5.74) is 3.41. The number of hydrogen-bond donors (Lipinski definition) is 2. The van der Waals surface area contributed by atoms with Crippen molar-refractivity contribution < 1.29 is 18.7 Å². The summed E-state index contributed by atoms with van der Waals surface area (Å²) in [7, 11) is 0. The summed E-state index contributed by atoms with van der Waals surface area (Å²) in [4.78, 5) is 13.8. The number of anilines is 1. The maximum Gasteiger partial charge on any atom is 0.355 e. The van der Waals surface area contributed by atoms with E-state index in [-0.39, 0.29) is 0 Å². The normalized spacial score (nSPS) is 10.0. The van der Waals surface area contributed by atoms with Gasteiger partial charge in [-0.25, -0.2) is 18.6 Å². The number of nitrogens with two attached hydrogens (primary N) is 1. The van der Waals surface area contributed by atoms with Gasteiger partial charge in [-0.15, -0.1) is 0 Å². The Labute approximate surface area is 82.8 Å². The smallest absolute Gasteiger partial charge is 0.355 e. The zero-order valence-corrected chi connectivity index (χ0v) is 7.24. The van der Waals surface area contributed by atoms with Crippen LogP contribution < -0.4 is 5.73 Å². The number of nitrogens with zero attached hydrogens (tertiary/aromatic N) is 2. The van der Waals surface area contributed by atoms with Crippen LogP contribution in [0.4, 0.5) is 14.6 Å². The van der Waals surface area contributed by atoms with Crippen molar-refractivity contribution in [2.45, 2.75) is 6.43 Å². The minimum Gasteiger partial charge on any atom is -0.476 e. The molecule has 1 aromatic rings. The topological polar surface area (TPSA) is 100 Å². The van der Waals surface area contributed by atoms with E-state index in [9.17, 15) is 13.6 Å². The average Bonchev–Trinajstić information content (AvgIpc) is 2.16. The number of carboxylic acid groups (broad SMARTS) is 1. The molecule has 0 unspecified atom stereocenters. The number of aromatic carboxylic acids is 1. The van der Waals surface area contributed by atoms with Gasteiger partial charge in [0.2, 0.25) is 0 Å². The SMILES string of the molecule is N#Cc1cc(C(F)F)c(N)nc1C(=O)O.